The van der Waals surface area contributed by atoms with Gasteiger partial charge in [-0.3, -0.25) is 14.5 Å². The first-order valence-electron chi connectivity index (χ1n) is 18.0. The van der Waals surface area contributed by atoms with E-state index in [0.717, 1.165) is 73.6 Å². The van der Waals surface area contributed by atoms with E-state index in [-0.39, 0.29) is 24.6 Å². The minimum Gasteiger partial charge on any atom is -0.495 e. The van der Waals surface area contributed by atoms with Crippen molar-refractivity contribution in [1.29, 1.82) is 0 Å². The van der Waals surface area contributed by atoms with Crippen molar-refractivity contribution >= 4 is 46.4 Å². The van der Waals surface area contributed by atoms with E-state index in [1.807, 2.05) is 65.4 Å². The van der Waals surface area contributed by atoms with Crippen LogP contribution in [-0.4, -0.2) is 72.8 Å². The van der Waals surface area contributed by atoms with Crippen molar-refractivity contribution in [3.05, 3.63) is 119 Å². The zero-order valence-corrected chi connectivity index (χ0v) is 30.9. The Balaban J connectivity index is 0.00000523. The van der Waals surface area contributed by atoms with Gasteiger partial charge in [0.15, 0.2) is 5.78 Å². The van der Waals surface area contributed by atoms with Gasteiger partial charge < -0.3 is 29.4 Å². The summed E-state index contributed by atoms with van der Waals surface area (Å²) in [5.41, 5.74) is 6.50. The van der Waals surface area contributed by atoms with E-state index >= 15 is 0 Å². The van der Waals surface area contributed by atoms with E-state index in [1.54, 1.807) is 7.11 Å². The van der Waals surface area contributed by atoms with Crippen molar-refractivity contribution < 1.29 is 24.2 Å². The third kappa shape index (κ3) is 9.46. The largest absolute Gasteiger partial charge is 0.495 e. The number of benzene rings is 4. The van der Waals surface area contributed by atoms with E-state index in [4.69, 9.17) is 14.6 Å². The van der Waals surface area contributed by atoms with Crippen LogP contribution in [0.5, 0.6) is 11.5 Å². The molecule has 5 aromatic rings. The third-order valence-corrected chi connectivity index (χ3v) is 9.66. The molecule has 1 fully saturated rings. The Morgan fingerprint density at radius 3 is 2.31 bits per heavy atom. The number of ketones is 1. The van der Waals surface area contributed by atoms with Gasteiger partial charge in [0, 0.05) is 80.5 Å². The molecule has 0 spiro atoms. The van der Waals surface area contributed by atoms with Gasteiger partial charge in [-0.25, -0.2) is 0 Å². The Labute approximate surface area is 312 Å². The summed E-state index contributed by atoms with van der Waals surface area (Å²) in [5, 5.41) is 13.5. The van der Waals surface area contributed by atoms with Crippen molar-refractivity contribution in [3.8, 4) is 11.5 Å². The fourth-order valence-electron chi connectivity index (χ4n) is 6.76. The second-order valence-corrected chi connectivity index (χ2v) is 13.0. The Bertz CT molecular complexity index is 1940. The number of nitrogens with one attached hydrogen (secondary N) is 1. The van der Waals surface area contributed by atoms with Crippen molar-refractivity contribution in [1.82, 2.24) is 9.47 Å². The molecule has 0 unspecified atom stereocenters. The number of rotatable bonds is 17. The van der Waals surface area contributed by atoms with Gasteiger partial charge in [-0.15, -0.1) is 12.4 Å². The molecule has 6 rings (SSSR count). The number of aryl methyl sites for hydroxylation is 2. The molecule has 2 N–H and O–H groups in total. The molecule has 10 heteroatoms. The summed E-state index contributed by atoms with van der Waals surface area (Å²) in [7, 11) is 1.72. The zero-order chi connectivity index (χ0) is 35.6. The highest BCUT2D eigenvalue weighted by Gasteiger charge is 2.21. The van der Waals surface area contributed by atoms with Crippen LogP contribution in [0.2, 0.25) is 0 Å². The first-order valence-corrected chi connectivity index (χ1v) is 18.0. The number of hydrogen-bond donors (Lipinski definition) is 2. The van der Waals surface area contributed by atoms with Crippen LogP contribution < -0.4 is 19.7 Å². The van der Waals surface area contributed by atoms with E-state index < -0.39 is 5.97 Å². The molecule has 1 aromatic heterocycles. The molecule has 0 radical (unpaired) electrons. The summed E-state index contributed by atoms with van der Waals surface area (Å²) in [5.74, 6) is 0.637. The van der Waals surface area contributed by atoms with Gasteiger partial charge >= 0.3 is 5.97 Å². The molecule has 9 nitrogen and oxygen atoms in total. The molecule has 0 atom stereocenters. The van der Waals surface area contributed by atoms with Gasteiger partial charge in [0.05, 0.1) is 25.1 Å². The number of aromatic nitrogens is 1. The first kappa shape index (κ1) is 38.2. The van der Waals surface area contributed by atoms with E-state index in [9.17, 15) is 9.59 Å². The number of carbonyl (C=O) groups excluding carboxylic acids is 1. The number of methoxy groups -OCH3 is 1. The monoisotopic (exact) mass is 724 g/mol. The lowest BCUT2D eigenvalue weighted by atomic mass is 10.0. The summed E-state index contributed by atoms with van der Waals surface area (Å²) in [4.78, 5) is 30.1. The van der Waals surface area contributed by atoms with Crippen LogP contribution in [0.3, 0.4) is 0 Å². The predicted octanol–water partition coefficient (Wildman–Crippen LogP) is 7.93. The lowest BCUT2D eigenvalue weighted by Gasteiger charge is -2.36. The number of halogens is 1. The smallest absolute Gasteiger partial charge is 0.303 e. The van der Waals surface area contributed by atoms with Crippen molar-refractivity contribution in [2.75, 3.05) is 56.7 Å². The average Bonchev–Trinajstić information content (AvgIpc) is 3.54. The summed E-state index contributed by atoms with van der Waals surface area (Å²) in [6.45, 7) is 8.56. The molecule has 0 amide bonds. The number of nitrogens with zero attached hydrogens (tertiary/aromatic N) is 3. The van der Waals surface area contributed by atoms with Gasteiger partial charge in [0.2, 0.25) is 0 Å². The van der Waals surface area contributed by atoms with Crippen LogP contribution in [0.25, 0.3) is 10.9 Å². The van der Waals surface area contributed by atoms with E-state index in [2.05, 4.69) is 58.4 Å². The number of carboxylic acids is 1. The number of anilines is 2. The lowest BCUT2D eigenvalue weighted by molar-refractivity contribution is -0.137. The Morgan fingerprint density at radius 2 is 1.56 bits per heavy atom. The number of carboxylic acid groups (broad SMARTS) is 1. The van der Waals surface area contributed by atoms with Crippen molar-refractivity contribution in [2.45, 2.75) is 45.7 Å². The van der Waals surface area contributed by atoms with Gasteiger partial charge in [-0.2, -0.15) is 0 Å². The molecular formula is C42H49ClN4O5. The number of fused-ring (bicyclic) bond motifs is 1. The molecule has 4 aromatic carbocycles. The van der Waals surface area contributed by atoms with Gasteiger partial charge in [-0.1, -0.05) is 61.5 Å². The van der Waals surface area contributed by atoms with Crippen LogP contribution in [0, 0.1) is 0 Å². The normalized spacial score (nSPS) is 13.1. The minimum absolute atomic E-state index is 0. The van der Waals surface area contributed by atoms with Gasteiger partial charge in [0.25, 0.3) is 0 Å². The maximum Gasteiger partial charge on any atom is 0.303 e. The Kier molecular flexibility index (Phi) is 13.6. The fourth-order valence-corrected chi connectivity index (χ4v) is 6.76. The van der Waals surface area contributed by atoms with E-state index in [1.165, 1.54) is 11.1 Å². The topological polar surface area (TPSA) is 96.3 Å². The first-order chi connectivity index (χ1) is 24.9. The SMILES string of the molecule is CCc1ccc(CNc2ccc(C(=O)c3cn(CCCC(=O)O)c4ccccc34)cc2OCCCN2CCN(c3ccccc3OC)CC2)cc1.Cl. The minimum atomic E-state index is -0.825. The van der Waals surface area contributed by atoms with Gasteiger partial charge in [0.1, 0.15) is 11.5 Å². The number of aliphatic carboxylic acids is 1. The van der Waals surface area contributed by atoms with Crippen LogP contribution in [0.15, 0.2) is 97.2 Å². The highest BCUT2D eigenvalue weighted by molar-refractivity contribution is 6.16. The van der Waals surface area contributed by atoms with Crippen LogP contribution >= 0.6 is 12.4 Å². The Morgan fingerprint density at radius 1 is 0.827 bits per heavy atom. The standard InChI is InChI=1S/C42H48N4O5.ClH/c1-3-31-15-17-32(18-16-31)29-43-36-20-19-33(42(49)35-30-46(22-8-14-41(47)48)37-11-5-4-10-34(35)37)28-40(36)51-27-9-21-44-23-25-45(26-24-44)38-12-6-7-13-39(38)50-2;/h4-7,10-13,15-20,28,30,43H,3,8-9,14,21-27,29H2,1-2H3,(H,47,48);1H. The number of carbonyl (C=O) groups is 2. The number of para-hydroxylation sites is 3. The molecular weight excluding hydrogens is 676 g/mol. The van der Waals surface area contributed by atoms with Crippen molar-refractivity contribution in [3.63, 3.8) is 0 Å². The summed E-state index contributed by atoms with van der Waals surface area (Å²) < 4.78 is 14.0. The van der Waals surface area contributed by atoms with Gasteiger partial charge in [-0.05, 0) is 66.8 Å². The summed E-state index contributed by atoms with van der Waals surface area (Å²) in [6.07, 6.45) is 4.27. The second-order valence-electron chi connectivity index (χ2n) is 13.0. The maximum absolute atomic E-state index is 14.1. The average molecular weight is 725 g/mol. The van der Waals surface area contributed by atoms with Crippen molar-refractivity contribution in [2.24, 2.45) is 0 Å². The highest BCUT2D eigenvalue weighted by atomic mass is 35.5. The Hall–Kier alpha value is -4.99. The number of hydrogen-bond acceptors (Lipinski definition) is 7. The molecule has 1 saturated heterocycles. The lowest BCUT2D eigenvalue weighted by Crippen LogP contribution is -2.46. The third-order valence-electron chi connectivity index (χ3n) is 9.66. The summed E-state index contributed by atoms with van der Waals surface area (Å²) in [6, 6.07) is 30.2. The molecule has 0 bridgehead atoms. The van der Waals surface area contributed by atoms with E-state index in [0.29, 0.717) is 43.0 Å². The molecule has 1 aliphatic rings. The molecule has 52 heavy (non-hydrogen) atoms. The summed E-state index contributed by atoms with van der Waals surface area (Å²) >= 11 is 0. The molecule has 274 valence electrons. The molecule has 0 aliphatic carbocycles. The van der Waals surface area contributed by atoms with Crippen LogP contribution in [-0.2, 0) is 24.3 Å². The predicted molar refractivity (Wildman–Crippen MR) is 211 cm³/mol. The van der Waals surface area contributed by atoms with Crippen LogP contribution in [0.4, 0.5) is 11.4 Å². The zero-order valence-electron chi connectivity index (χ0n) is 30.1. The molecule has 1 aliphatic heterocycles. The second kappa shape index (κ2) is 18.5. The molecule has 0 saturated carbocycles. The fraction of sp³-hybridized carbons (Fsp3) is 0.333. The maximum atomic E-state index is 14.1. The molecule has 2 heterocycles. The highest BCUT2D eigenvalue weighted by Crippen LogP contribution is 2.31. The number of piperazine rings is 1. The number of ether oxygens (including phenoxy) is 2. The quantitative estimate of drug-likeness (QED) is 0.0738. The van der Waals surface area contributed by atoms with Crippen LogP contribution in [0.1, 0.15) is 53.2 Å².